The quantitative estimate of drug-likeness (QED) is 0.424. The van der Waals surface area contributed by atoms with Gasteiger partial charge in [0, 0.05) is 18.6 Å². The Hall–Kier alpha value is -2.38. The van der Waals surface area contributed by atoms with Crippen LogP contribution in [0.5, 0.6) is 0 Å². The van der Waals surface area contributed by atoms with Gasteiger partial charge in [-0.25, -0.2) is 9.59 Å². The van der Waals surface area contributed by atoms with Gasteiger partial charge < -0.3 is 20.6 Å². The summed E-state index contributed by atoms with van der Waals surface area (Å²) in [6.45, 7) is 0. The molecule has 0 saturated heterocycles. The Kier molecular flexibility index (Phi) is 6.01. The number of aliphatic carboxylic acids is 3. The highest BCUT2D eigenvalue weighted by molar-refractivity contribution is 5.95. The second-order valence-electron chi connectivity index (χ2n) is 3.00. The highest BCUT2D eigenvalue weighted by Crippen LogP contribution is 1.98. The molecule has 8 nitrogen and oxygen atoms in total. The van der Waals surface area contributed by atoms with Gasteiger partial charge in [-0.15, -0.1) is 0 Å². The fourth-order valence-electron chi connectivity index (χ4n) is 0.892. The maximum absolute atomic E-state index is 11.0. The molecule has 8 heteroatoms. The third kappa shape index (κ3) is 7.54. The third-order valence-corrected chi connectivity index (χ3v) is 1.64. The van der Waals surface area contributed by atoms with Crippen molar-refractivity contribution >= 4 is 23.8 Å². The molecule has 0 rings (SSSR count). The number of hydrogen-bond acceptors (Lipinski definition) is 4. The van der Waals surface area contributed by atoms with E-state index in [2.05, 4.69) is 0 Å². The van der Waals surface area contributed by atoms with Crippen molar-refractivity contribution in [3.05, 3.63) is 12.2 Å². The molecule has 0 aromatic carbocycles. The summed E-state index contributed by atoms with van der Waals surface area (Å²) < 4.78 is 0. The van der Waals surface area contributed by atoms with Crippen LogP contribution in [0.15, 0.2) is 12.2 Å². The van der Waals surface area contributed by atoms with Crippen LogP contribution in [0.2, 0.25) is 0 Å². The minimum Gasteiger partial charge on any atom is -0.481 e. The zero-order valence-electron chi connectivity index (χ0n) is 8.62. The number of amides is 1. The summed E-state index contributed by atoms with van der Waals surface area (Å²) >= 11 is 0. The highest BCUT2D eigenvalue weighted by Gasteiger charge is 2.19. The average Bonchev–Trinajstić information content (AvgIpc) is 2.20. The zero-order valence-corrected chi connectivity index (χ0v) is 8.62. The molecular weight excluding hydrogens is 234 g/mol. The lowest BCUT2D eigenvalue weighted by molar-refractivity contribution is -0.142. The molecule has 0 bridgehead atoms. The van der Waals surface area contributed by atoms with Crippen LogP contribution in [0.1, 0.15) is 12.8 Å². The van der Waals surface area contributed by atoms with Gasteiger partial charge in [-0.3, -0.25) is 9.59 Å². The van der Waals surface area contributed by atoms with Gasteiger partial charge in [0.15, 0.2) is 0 Å². The SMILES string of the molecule is O=C(O)C=CC(=O)N[C@@H](CCC(=O)O)C(=O)O. The van der Waals surface area contributed by atoms with Crippen molar-refractivity contribution in [2.24, 2.45) is 0 Å². The van der Waals surface area contributed by atoms with Crippen molar-refractivity contribution < 1.29 is 34.5 Å². The number of carboxylic acid groups (broad SMARTS) is 3. The van der Waals surface area contributed by atoms with Gasteiger partial charge in [-0.2, -0.15) is 0 Å². The first-order valence-corrected chi connectivity index (χ1v) is 4.49. The lowest BCUT2D eigenvalue weighted by Crippen LogP contribution is -2.40. The Morgan fingerprint density at radius 3 is 2.06 bits per heavy atom. The third-order valence-electron chi connectivity index (χ3n) is 1.64. The summed E-state index contributed by atoms with van der Waals surface area (Å²) in [5, 5.41) is 27.2. The molecule has 0 aromatic heterocycles. The van der Waals surface area contributed by atoms with Gasteiger partial charge in [0.25, 0.3) is 0 Å². The van der Waals surface area contributed by atoms with Gasteiger partial charge in [-0.1, -0.05) is 0 Å². The maximum atomic E-state index is 11.0. The summed E-state index contributed by atoms with van der Waals surface area (Å²) in [5.74, 6) is -4.84. The van der Waals surface area contributed by atoms with Crippen LogP contribution < -0.4 is 5.32 Å². The average molecular weight is 245 g/mol. The van der Waals surface area contributed by atoms with Crippen molar-refractivity contribution in [2.75, 3.05) is 0 Å². The van der Waals surface area contributed by atoms with Crippen molar-refractivity contribution in [3.63, 3.8) is 0 Å². The van der Waals surface area contributed by atoms with E-state index in [1.165, 1.54) is 0 Å². The molecule has 1 amide bonds. The smallest absolute Gasteiger partial charge is 0.328 e. The molecule has 0 aliphatic heterocycles. The van der Waals surface area contributed by atoms with Crippen LogP contribution in [0.25, 0.3) is 0 Å². The molecule has 4 N–H and O–H groups in total. The summed E-state index contributed by atoms with van der Waals surface area (Å²) in [4.78, 5) is 42.0. The molecule has 0 saturated carbocycles. The van der Waals surface area contributed by atoms with Crippen molar-refractivity contribution in [3.8, 4) is 0 Å². The van der Waals surface area contributed by atoms with Crippen molar-refractivity contribution in [1.29, 1.82) is 0 Å². The molecule has 94 valence electrons. The van der Waals surface area contributed by atoms with E-state index >= 15 is 0 Å². The molecule has 0 fully saturated rings. The number of rotatable bonds is 7. The number of nitrogens with one attached hydrogen (secondary N) is 1. The molecule has 1 atom stereocenters. The molecular formula is C9H11NO7. The lowest BCUT2D eigenvalue weighted by atomic mass is 10.1. The second kappa shape index (κ2) is 6.99. The predicted molar refractivity (Wildman–Crippen MR) is 53.2 cm³/mol. The van der Waals surface area contributed by atoms with Crippen LogP contribution in [0, 0.1) is 0 Å². The Morgan fingerprint density at radius 1 is 1.06 bits per heavy atom. The number of carbonyl (C=O) groups is 4. The van der Waals surface area contributed by atoms with E-state index in [0.717, 1.165) is 0 Å². The van der Waals surface area contributed by atoms with Gasteiger partial charge in [-0.05, 0) is 6.42 Å². The van der Waals surface area contributed by atoms with Gasteiger partial charge in [0.1, 0.15) is 6.04 Å². The largest absolute Gasteiger partial charge is 0.481 e. The first kappa shape index (κ1) is 14.6. The first-order valence-electron chi connectivity index (χ1n) is 4.49. The van der Waals surface area contributed by atoms with E-state index < -0.39 is 36.3 Å². The standard InChI is InChI=1S/C9H11NO7/c11-6(2-4-8(14)15)10-5(9(16)17)1-3-7(12)13/h2,4-5H,1,3H2,(H,10,11)(H,12,13)(H,14,15)(H,16,17)/t5-/m0/s1. The topological polar surface area (TPSA) is 141 Å². The van der Waals surface area contributed by atoms with E-state index in [0.29, 0.717) is 12.2 Å². The normalized spacial score (nSPS) is 12.0. The second-order valence-corrected chi connectivity index (χ2v) is 3.00. The van der Waals surface area contributed by atoms with Crippen LogP contribution in [0.4, 0.5) is 0 Å². The Labute approximate surface area is 95.5 Å². The highest BCUT2D eigenvalue weighted by atomic mass is 16.4. The molecule has 0 unspecified atom stereocenters. The minimum atomic E-state index is -1.39. The van der Waals surface area contributed by atoms with Crippen LogP contribution in [-0.4, -0.2) is 45.2 Å². The molecule has 0 aromatic rings. The summed E-state index contributed by atoms with van der Waals surface area (Å²) in [6.07, 6.45) is 0.502. The fraction of sp³-hybridized carbons (Fsp3) is 0.333. The molecule has 0 aliphatic rings. The summed E-state index contributed by atoms with van der Waals surface area (Å²) in [5.41, 5.74) is 0. The molecule has 0 aliphatic carbocycles. The number of carboxylic acids is 3. The summed E-state index contributed by atoms with van der Waals surface area (Å²) in [6, 6.07) is -1.36. The van der Waals surface area contributed by atoms with Gasteiger partial charge in [0.05, 0.1) is 0 Å². The molecule has 0 heterocycles. The maximum Gasteiger partial charge on any atom is 0.328 e. The lowest BCUT2D eigenvalue weighted by Gasteiger charge is -2.11. The first-order chi connectivity index (χ1) is 7.82. The number of hydrogen-bond donors (Lipinski definition) is 4. The van der Waals surface area contributed by atoms with E-state index in [9.17, 15) is 19.2 Å². The van der Waals surface area contributed by atoms with Crippen molar-refractivity contribution in [2.45, 2.75) is 18.9 Å². The van der Waals surface area contributed by atoms with Crippen LogP contribution in [0.3, 0.4) is 0 Å². The Bertz CT molecular complexity index is 360. The molecule has 0 spiro atoms. The van der Waals surface area contributed by atoms with Crippen LogP contribution in [-0.2, 0) is 19.2 Å². The Morgan fingerprint density at radius 2 is 1.65 bits per heavy atom. The summed E-state index contributed by atoms with van der Waals surface area (Å²) in [7, 11) is 0. The fourth-order valence-corrected chi connectivity index (χ4v) is 0.892. The Balaban J connectivity index is 4.34. The number of carbonyl (C=O) groups excluding carboxylic acids is 1. The minimum absolute atomic E-state index is 0.280. The van der Waals surface area contributed by atoms with Gasteiger partial charge in [0.2, 0.25) is 5.91 Å². The molecule has 0 radical (unpaired) electrons. The van der Waals surface area contributed by atoms with Gasteiger partial charge >= 0.3 is 17.9 Å². The van der Waals surface area contributed by atoms with Crippen molar-refractivity contribution in [1.82, 2.24) is 5.32 Å². The van der Waals surface area contributed by atoms with Crippen LogP contribution >= 0.6 is 0 Å². The van der Waals surface area contributed by atoms with E-state index in [1.807, 2.05) is 5.32 Å². The molecule has 17 heavy (non-hydrogen) atoms. The van der Waals surface area contributed by atoms with E-state index in [-0.39, 0.29) is 6.42 Å². The zero-order chi connectivity index (χ0) is 13.4. The predicted octanol–water partition coefficient (Wildman–Crippen LogP) is -0.939. The van der Waals surface area contributed by atoms with E-state index in [4.69, 9.17) is 15.3 Å². The van der Waals surface area contributed by atoms with E-state index in [1.54, 1.807) is 0 Å². The monoisotopic (exact) mass is 245 g/mol.